The van der Waals surface area contributed by atoms with Crippen molar-refractivity contribution in [3.05, 3.63) is 50.1 Å². The molecule has 4 nitrogen and oxygen atoms in total. The van der Waals surface area contributed by atoms with Crippen molar-refractivity contribution < 1.29 is 9.59 Å². The number of likely N-dealkylation sites (tertiary alicyclic amines) is 1. The van der Waals surface area contributed by atoms with Crippen LogP contribution in [0.15, 0.2) is 34.1 Å². The Kier molecular flexibility index (Phi) is 5.06. The van der Waals surface area contributed by atoms with E-state index in [0.717, 1.165) is 27.7 Å². The molecule has 1 saturated heterocycles. The maximum absolute atomic E-state index is 12.7. The number of benzene rings is 1. The number of thiophene rings is 1. The van der Waals surface area contributed by atoms with Crippen LogP contribution in [0, 0.1) is 13.8 Å². The average molecular weight is 407 g/mol. The molecule has 1 aliphatic rings. The summed E-state index contributed by atoms with van der Waals surface area (Å²) in [6.07, 6.45) is 1.55. The fourth-order valence-electron chi connectivity index (χ4n) is 2.92. The lowest BCUT2D eigenvalue weighted by molar-refractivity contribution is -0.119. The van der Waals surface area contributed by atoms with Gasteiger partial charge in [0.1, 0.15) is 6.04 Å². The van der Waals surface area contributed by atoms with Gasteiger partial charge >= 0.3 is 0 Å². The molecule has 2 aromatic rings. The Hall–Kier alpha value is -1.66. The molecule has 1 atom stereocenters. The minimum atomic E-state index is -0.409. The van der Waals surface area contributed by atoms with Crippen LogP contribution in [-0.4, -0.2) is 29.3 Å². The van der Waals surface area contributed by atoms with Gasteiger partial charge in [0.2, 0.25) is 5.91 Å². The number of carbonyl (C=O) groups excluding carboxylic acids is 2. The van der Waals surface area contributed by atoms with Crippen LogP contribution < -0.4 is 5.32 Å². The number of rotatable bonds is 3. The molecule has 24 heavy (non-hydrogen) atoms. The third kappa shape index (κ3) is 3.39. The molecule has 1 N–H and O–H groups in total. The predicted molar refractivity (Wildman–Crippen MR) is 101 cm³/mol. The molecule has 6 heteroatoms. The first-order valence-electron chi connectivity index (χ1n) is 7.89. The van der Waals surface area contributed by atoms with Gasteiger partial charge in [-0.15, -0.1) is 11.3 Å². The van der Waals surface area contributed by atoms with Crippen LogP contribution in [0.4, 0.5) is 5.69 Å². The summed E-state index contributed by atoms with van der Waals surface area (Å²) in [4.78, 5) is 27.7. The number of anilines is 1. The fraction of sp³-hybridized carbons (Fsp3) is 0.333. The summed E-state index contributed by atoms with van der Waals surface area (Å²) in [6, 6.07) is 7.20. The first-order valence-corrected chi connectivity index (χ1v) is 9.56. The van der Waals surface area contributed by atoms with Gasteiger partial charge in [0.25, 0.3) is 5.91 Å². The molecule has 1 aromatic carbocycles. The van der Waals surface area contributed by atoms with Gasteiger partial charge < -0.3 is 10.2 Å². The molecule has 0 radical (unpaired) electrons. The van der Waals surface area contributed by atoms with E-state index in [4.69, 9.17) is 0 Å². The zero-order valence-electron chi connectivity index (χ0n) is 13.6. The topological polar surface area (TPSA) is 49.4 Å². The highest BCUT2D eigenvalue weighted by Gasteiger charge is 2.35. The predicted octanol–water partition coefficient (Wildman–Crippen LogP) is 4.37. The van der Waals surface area contributed by atoms with Gasteiger partial charge in [-0.1, -0.05) is 6.07 Å². The van der Waals surface area contributed by atoms with Crippen LogP contribution in [-0.2, 0) is 4.79 Å². The number of amides is 2. The molecule has 2 amide bonds. The molecule has 0 saturated carbocycles. The van der Waals surface area contributed by atoms with Crippen molar-refractivity contribution in [2.24, 2.45) is 0 Å². The lowest BCUT2D eigenvalue weighted by atomic mass is 10.1. The molecule has 2 heterocycles. The lowest BCUT2D eigenvalue weighted by Gasteiger charge is -2.24. The first kappa shape index (κ1) is 17.2. The second-order valence-electron chi connectivity index (χ2n) is 6.04. The molecule has 3 rings (SSSR count). The molecule has 1 fully saturated rings. The quantitative estimate of drug-likeness (QED) is 0.822. The zero-order valence-corrected chi connectivity index (χ0v) is 16.0. The lowest BCUT2D eigenvalue weighted by Crippen LogP contribution is -2.43. The largest absolute Gasteiger partial charge is 0.326 e. The maximum Gasteiger partial charge on any atom is 0.264 e. The summed E-state index contributed by atoms with van der Waals surface area (Å²) in [5.41, 5.74) is 3.03. The van der Waals surface area contributed by atoms with Crippen molar-refractivity contribution in [1.82, 2.24) is 4.90 Å². The summed E-state index contributed by atoms with van der Waals surface area (Å²) in [5.74, 6) is -0.178. The van der Waals surface area contributed by atoms with E-state index in [9.17, 15) is 9.59 Å². The number of hydrogen-bond donors (Lipinski definition) is 1. The van der Waals surface area contributed by atoms with E-state index in [0.29, 0.717) is 17.8 Å². The summed E-state index contributed by atoms with van der Waals surface area (Å²) >= 11 is 4.91. The highest BCUT2D eigenvalue weighted by Crippen LogP contribution is 2.28. The Balaban J connectivity index is 1.77. The number of nitrogens with one attached hydrogen (secondary N) is 1. The number of carbonyl (C=O) groups is 2. The molecular formula is C18H19BrN2O2S. The zero-order chi connectivity index (χ0) is 17.3. The van der Waals surface area contributed by atoms with Crippen LogP contribution in [0.25, 0.3) is 0 Å². The summed E-state index contributed by atoms with van der Waals surface area (Å²) in [5, 5.41) is 4.85. The van der Waals surface area contributed by atoms with Crippen molar-refractivity contribution in [2.45, 2.75) is 32.7 Å². The average Bonchev–Trinajstić information content (AvgIpc) is 3.23. The third-order valence-corrected chi connectivity index (χ3v) is 5.90. The molecule has 0 bridgehead atoms. The Bertz CT molecular complexity index is 774. The standard InChI is InChI=1S/C18H19BrN2O2S/c1-11-9-13(19)14(10-12(11)2)20-17(22)15-5-3-7-21(15)18(23)16-6-4-8-24-16/h4,6,8-10,15H,3,5,7H2,1-2H3,(H,20,22)/t15-/m0/s1. The highest BCUT2D eigenvalue weighted by molar-refractivity contribution is 9.10. The SMILES string of the molecule is Cc1cc(Br)c(NC(=O)[C@@H]2CCCN2C(=O)c2cccs2)cc1C. The number of halogens is 1. The van der Waals surface area contributed by atoms with Crippen molar-refractivity contribution in [1.29, 1.82) is 0 Å². The summed E-state index contributed by atoms with van der Waals surface area (Å²) in [6.45, 7) is 4.67. The van der Waals surface area contributed by atoms with E-state index in [-0.39, 0.29) is 11.8 Å². The Morgan fingerprint density at radius 3 is 2.75 bits per heavy atom. The van der Waals surface area contributed by atoms with Gasteiger partial charge in [-0.3, -0.25) is 9.59 Å². The van der Waals surface area contributed by atoms with Gasteiger partial charge in [-0.25, -0.2) is 0 Å². The smallest absolute Gasteiger partial charge is 0.264 e. The monoisotopic (exact) mass is 406 g/mol. The molecule has 126 valence electrons. The summed E-state index contributed by atoms with van der Waals surface area (Å²) in [7, 11) is 0. The van der Waals surface area contributed by atoms with E-state index in [2.05, 4.69) is 21.2 Å². The Morgan fingerprint density at radius 1 is 1.29 bits per heavy atom. The number of nitrogens with zero attached hydrogens (tertiary/aromatic N) is 1. The molecule has 0 aliphatic carbocycles. The second kappa shape index (κ2) is 7.07. The van der Waals surface area contributed by atoms with Gasteiger partial charge in [0.15, 0.2) is 0 Å². The van der Waals surface area contributed by atoms with Crippen molar-refractivity contribution in [3.63, 3.8) is 0 Å². The second-order valence-corrected chi connectivity index (χ2v) is 7.84. The fourth-order valence-corrected chi connectivity index (χ4v) is 4.15. The molecule has 0 spiro atoms. The van der Waals surface area contributed by atoms with E-state index in [1.165, 1.54) is 11.3 Å². The van der Waals surface area contributed by atoms with Crippen LogP contribution in [0.3, 0.4) is 0 Å². The van der Waals surface area contributed by atoms with Gasteiger partial charge in [0.05, 0.1) is 10.6 Å². The van der Waals surface area contributed by atoms with Gasteiger partial charge in [0, 0.05) is 11.0 Å². The summed E-state index contributed by atoms with van der Waals surface area (Å²) < 4.78 is 0.855. The van der Waals surface area contributed by atoms with Crippen molar-refractivity contribution in [2.75, 3.05) is 11.9 Å². The van der Waals surface area contributed by atoms with E-state index in [1.807, 2.05) is 37.4 Å². The number of aryl methyl sites for hydroxylation is 2. The molecule has 1 aliphatic heterocycles. The van der Waals surface area contributed by atoms with Gasteiger partial charge in [-0.2, -0.15) is 0 Å². The Morgan fingerprint density at radius 2 is 2.04 bits per heavy atom. The van der Waals surface area contributed by atoms with Gasteiger partial charge in [-0.05, 0) is 77.3 Å². The van der Waals surface area contributed by atoms with Crippen LogP contribution in [0.2, 0.25) is 0 Å². The van der Waals surface area contributed by atoms with Crippen LogP contribution in [0.5, 0.6) is 0 Å². The van der Waals surface area contributed by atoms with E-state index >= 15 is 0 Å². The van der Waals surface area contributed by atoms with Crippen LogP contribution >= 0.6 is 27.3 Å². The minimum absolute atomic E-state index is 0.0539. The van der Waals surface area contributed by atoms with Crippen molar-refractivity contribution >= 4 is 44.8 Å². The van der Waals surface area contributed by atoms with E-state index in [1.54, 1.807) is 11.0 Å². The maximum atomic E-state index is 12.7. The molecule has 0 unspecified atom stereocenters. The first-order chi connectivity index (χ1) is 11.5. The normalized spacial score (nSPS) is 17.1. The minimum Gasteiger partial charge on any atom is -0.326 e. The van der Waals surface area contributed by atoms with Crippen molar-refractivity contribution in [3.8, 4) is 0 Å². The van der Waals surface area contributed by atoms with Crippen LogP contribution in [0.1, 0.15) is 33.6 Å². The van der Waals surface area contributed by atoms with E-state index < -0.39 is 6.04 Å². The molecular weight excluding hydrogens is 388 g/mol. The molecule has 1 aromatic heterocycles. The third-order valence-electron chi connectivity index (χ3n) is 4.39. The Labute approximate surface area is 154 Å². The highest BCUT2D eigenvalue weighted by atomic mass is 79.9. The number of hydrogen-bond acceptors (Lipinski definition) is 3.